The third kappa shape index (κ3) is 4.20. The van der Waals surface area contributed by atoms with Crippen LogP contribution in [0.4, 0.5) is 23.7 Å². The van der Waals surface area contributed by atoms with Crippen molar-refractivity contribution in [3.8, 4) is 0 Å². The molecule has 5 nitrogen and oxygen atoms in total. The van der Waals surface area contributed by atoms with Crippen LogP contribution in [0.25, 0.3) is 0 Å². The lowest BCUT2D eigenvalue weighted by Gasteiger charge is -2.18. The van der Waals surface area contributed by atoms with Gasteiger partial charge in [0, 0.05) is 28.8 Å². The molecular formula is C13H11Cl2F3N2O3. The lowest BCUT2D eigenvalue weighted by molar-refractivity contribution is -0.187. The number of hydrogen-bond donors (Lipinski definition) is 2. The Morgan fingerprint density at radius 1 is 1.17 bits per heavy atom. The van der Waals surface area contributed by atoms with Crippen molar-refractivity contribution in [3.63, 3.8) is 0 Å². The fraction of sp³-hybridized carbons (Fsp3) is 0.385. The summed E-state index contributed by atoms with van der Waals surface area (Å²) in [5.74, 6) is -5.38. The van der Waals surface area contributed by atoms with Crippen molar-refractivity contribution in [1.29, 1.82) is 0 Å². The number of carboxylic acids is 1. The predicted molar refractivity (Wildman–Crippen MR) is 77.7 cm³/mol. The molecule has 2 rings (SSSR count). The minimum absolute atomic E-state index is 0.204. The first-order valence-electron chi connectivity index (χ1n) is 6.39. The monoisotopic (exact) mass is 370 g/mol. The SMILES string of the molecule is O=C(O)[C@@H]1CN(C(=O)Nc2cc(Cl)cc(Cl)c2)C[C@H]1C(F)(F)F. The molecule has 1 aliphatic heterocycles. The second-order valence-electron chi connectivity index (χ2n) is 5.09. The van der Waals surface area contributed by atoms with Crippen molar-refractivity contribution < 1.29 is 27.9 Å². The van der Waals surface area contributed by atoms with Gasteiger partial charge in [-0.3, -0.25) is 4.79 Å². The molecule has 1 fully saturated rings. The third-order valence-corrected chi connectivity index (χ3v) is 3.89. The normalized spacial score (nSPS) is 21.3. The zero-order valence-corrected chi connectivity index (χ0v) is 12.9. The summed E-state index contributed by atoms with van der Waals surface area (Å²) in [6.07, 6.45) is -4.70. The topological polar surface area (TPSA) is 69.6 Å². The molecule has 10 heteroatoms. The van der Waals surface area contributed by atoms with Gasteiger partial charge in [0.05, 0.1) is 11.8 Å². The summed E-state index contributed by atoms with van der Waals surface area (Å²) in [6, 6.07) is 3.32. The number of anilines is 1. The molecule has 1 aromatic rings. The molecule has 1 saturated heterocycles. The van der Waals surface area contributed by atoms with Crippen molar-refractivity contribution in [1.82, 2.24) is 4.90 Å². The molecule has 1 heterocycles. The fourth-order valence-corrected chi connectivity index (χ4v) is 2.91. The number of carboxylic acid groups (broad SMARTS) is 1. The molecule has 126 valence electrons. The summed E-state index contributed by atoms with van der Waals surface area (Å²) in [5.41, 5.74) is 0.204. The number of nitrogens with zero attached hydrogens (tertiary/aromatic N) is 1. The predicted octanol–water partition coefficient (Wildman–Crippen LogP) is 3.72. The highest BCUT2D eigenvalue weighted by atomic mass is 35.5. The number of aliphatic carboxylic acids is 1. The number of carbonyl (C=O) groups is 2. The Labute approximate surface area is 139 Å². The van der Waals surface area contributed by atoms with Gasteiger partial charge in [-0.25, -0.2) is 4.79 Å². The van der Waals surface area contributed by atoms with Gasteiger partial charge in [0.25, 0.3) is 0 Å². The van der Waals surface area contributed by atoms with Gasteiger partial charge in [0.2, 0.25) is 0 Å². The molecule has 0 radical (unpaired) electrons. The van der Waals surface area contributed by atoms with Crippen LogP contribution in [-0.4, -0.2) is 41.3 Å². The van der Waals surface area contributed by atoms with Crippen molar-refractivity contribution in [2.24, 2.45) is 11.8 Å². The Morgan fingerprint density at radius 2 is 1.74 bits per heavy atom. The highest BCUT2D eigenvalue weighted by Crippen LogP contribution is 2.38. The Hall–Kier alpha value is -1.67. The summed E-state index contributed by atoms with van der Waals surface area (Å²) in [5, 5.41) is 11.8. The Balaban J connectivity index is 2.13. The van der Waals surface area contributed by atoms with E-state index in [0.717, 1.165) is 4.90 Å². The smallest absolute Gasteiger partial charge is 0.394 e. The second kappa shape index (κ2) is 6.45. The lowest BCUT2D eigenvalue weighted by Crippen LogP contribution is -2.35. The van der Waals surface area contributed by atoms with Crippen molar-refractivity contribution in [2.45, 2.75) is 6.18 Å². The van der Waals surface area contributed by atoms with Crippen molar-refractivity contribution in [3.05, 3.63) is 28.2 Å². The standard InChI is InChI=1S/C13H11Cl2F3N2O3/c14-6-1-7(15)3-8(2-6)19-12(23)20-4-9(11(21)22)10(5-20)13(16,17)18/h1-3,9-10H,4-5H2,(H,19,23)(H,21,22)/t9-,10-/m1/s1. The van der Waals surface area contributed by atoms with Gasteiger partial charge < -0.3 is 15.3 Å². The maximum Gasteiger partial charge on any atom is 0.394 e. The molecule has 0 aromatic heterocycles. The molecule has 0 unspecified atom stereocenters. The van der Waals surface area contributed by atoms with E-state index in [0.29, 0.717) is 0 Å². The van der Waals surface area contributed by atoms with E-state index in [2.05, 4.69) is 5.32 Å². The average Bonchev–Trinajstić information content (AvgIpc) is 2.82. The molecular weight excluding hydrogens is 360 g/mol. The van der Waals surface area contributed by atoms with Gasteiger partial charge in [-0.2, -0.15) is 13.2 Å². The first-order chi connectivity index (χ1) is 10.6. The number of alkyl halides is 3. The summed E-state index contributed by atoms with van der Waals surface area (Å²) >= 11 is 11.5. The van der Waals surface area contributed by atoms with E-state index in [1.54, 1.807) is 0 Å². The molecule has 1 aromatic carbocycles. The number of amides is 2. The molecule has 2 N–H and O–H groups in total. The van der Waals surface area contributed by atoms with Crippen LogP contribution in [0.15, 0.2) is 18.2 Å². The summed E-state index contributed by atoms with van der Waals surface area (Å²) < 4.78 is 38.7. The molecule has 0 spiro atoms. The Kier molecular flexibility index (Phi) is 4.95. The summed E-state index contributed by atoms with van der Waals surface area (Å²) in [6.45, 7) is -1.25. The summed E-state index contributed by atoms with van der Waals surface area (Å²) in [4.78, 5) is 23.8. The number of halogens is 5. The maximum atomic E-state index is 12.9. The molecule has 23 heavy (non-hydrogen) atoms. The van der Waals surface area contributed by atoms with E-state index in [-0.39, 0.29) is 15.7 Å². The number of hydrogen-bond acceptors (Lipinski definition) is 2. The highest BCUT2D eigenvalue weighted by Gasteiger charge is 2.53. The van der Waals surface area contributed by atoms with Crippen LogP contribution in [0, 0.1) is 11.8 Å². The molecule has 2 atom stereocenters. The minimum atomic E-state index is -4.70. The van der Waals surface area contributed by atoms with Crippen LogP contribution in [0.2, 0.25) is 10.0 Å². The van der Waals surface area contributed by atoms with Crippen LogP contribution < -0.4 is 5.32 Å². The number of benzene rings is 1. The fourth-order valence-electron chi connectivity index (χ4n) is 2.38. The van der Waals surface area contributed by atoms with Crippen LogP contribution in [0.3, 0.4) is 0 Å². The Bertz CT molecular complexity index is 619. The molecule has 0 aliphatic carbocycles. The van der Waals surface area contributed by atoms with Crippen LogP contribution in [0.1, 0.15) is 0 Å². The molecule has 0 bridgehead atoms. The van der Waals surface area contributed by atoms with Gasteiger partial charge in [-0.05, 0) is 18.2 Å². The average molecular weight is 371 g/mol. The Morgan fingerprint density at radius 3 is 2.17 bits per heavy atom. The van der Waals surface area contributed by atoms with E-state index >= 15 is 0 Å². The minimum Gasteiger partial charge on any atom is -0.481 e. The first kappa shape index (κ1) is 17.7. The van der Waals surface area contributed by atoms with E-state index in [1.165, 1.54) is 18.2 Å². The zero-order chi connectivity index (χ0) is 17.4. The number of likely N-dealkylation sites (tertiary alicyclic amines) is 1. The van der Waals surface area contributed by atoms with Crippen molar-refractivity contribution in [2.75, 3.05) is 18.4 Å². The van der Waals surface area contributed by atoms with Gasteiger partial charge in [0.15, 0.2) is 0 Å². The molecule has 1 aliphatic rings. The van der Waals surface area contributed by atoms with Gasteiger partial charge >= 0.3 is 18.2 Å². The number of nitrogens with one attached hydrogen (secondary N) is 1. The third-order valence-electron chi connectivity index (χ3n) is 3.46. The van der Waals surface area contributed by atoms with E-state index in [1.807, 2.05) is 0 Å². The van der Waals surface area contributed by atoms with Crippen molar-refractivity contribution >= 4 is 40.9 Å². The molecule has 2 amide bonds. The quantitative estimate of drug-likeness (QED) is 0.833. The second-order valence-corrected chi connectivity index (χ2v) is 5.96. The largest absolute Gasteiger partial charge is 0.481 e. The van der Waals surface area contributed by atoms with Crippen LogP contribution in [-0.2, 0) is 4.79 Å². The maximum absolute atomic E-state index is 12.9. The first-order valence-corrected chi connectivity index (χ1v) is 7.15. The van der Waals surface area contributed by atoms with E-state index in [4.69, 9.17) is 28.3 Å². The van der Waals surface area contributed by atoms with E-state index < -0.39 is 43.1 Å². The van der Waals surface area contributed by atoms with Gasteiger partial charge in [0.1, 0.15) is 0 Å². The van der Waals surface area contributed by atoms with E-state index in [9.17, 15) is 22.8 Å². The lowest BCUT2D eigenvalue weighted by atomic mass is 9.96. The zero-order valence-electron chi connectivity index (χ0n) is 11.4. The highest BCUT2D eigenvalue weighted by molar-refractivity contribution is 6.35. The van der Waals surface area contributed by atoms with Gasteiger partial charge in [-0.1, -0.05) is 23.2 Å². The number of rotatable bonds is 2. The van der Waals surface area contributed by atoms with Crippen LogP contribution in [0.5, 0.6) is 0 Å². The molecule has 0 saturated carbocycles. The number of urea groups is 1. The summed E-state index contributed by atoms with van der Waals surface area (Å²) in [7, 11) is 0. The number of carbonyl (C=O) groups excluding carboxylic acids is 1. The van der Waals surface area contributed by atoms with Crippen LogP contribution >= 0.6 is 23.2 Å². The van der Waals surface area contributed by atoms with Gasteiger partial charge in [-0.15, -0.1) is 0 Å².